The molecule has 0 amide bonds. The fourth-order valence-corrected chi connectivity index (χ4v) is 1.02. The van der Waals surface area contributed by atoms with E-state index in [-0.39, 0.29) is 55.4 Å². The zero-order valence-electron chi connectivity index (χ0n) is 20.1. The van der Waals surface area contributed by atoms with Crippen molar-refractivity contribution in [3.8, 4) is 0 Å². The second-order valence-corrected chi connectivity index (χ2v) is 5.25. The van der Waals surface area contributed by atoms with Gasteiger partial charge in [-0.25, -0.2) is 0 Å². The molecule has 0 aliphatic rings. The van der Waals surface area contributed by atoms with Gasteiger partial charge in [-0.1, -0.05) is 0 Å². The van der Waals surface area contributed by atoms with Gasteiger partial charge in [-0.3, -0.25) is 0 Å². The Morgan fingerprint density at radius 2 is 0.484 bits per heavy atom. The maximum absolute atomic E-state index is 9.61. The third-order valence-corrected chi connectivity index (χ3v) is 2.46. The first kappa shape index (κ1) is 44.9. The molecule has 0 rings (SSSR count). The predicted octanol–water partition coefficient (Wildman–Crippen LogP) is -3.09. The fraction of sp³-hybridized carbons (Fsp3) is 1.00. The molecule has 0 N–H and O–H groups in total. The van der Waals surface area contributed by atoms with Crippen LogP contribution in [-0.4, -0.2) is 102 Å². The largest absolute Gasteiger partial charge is 5.00 e. The monoisotopic (exact) mass is 538 g/mol. The minimum absolute atomic E-state index is 0. The number of methoxy groups -OCH3 is 5. The van der Waals surface area contributed by atoms with Crippen LogP contribution in [0.2, 0.25) is 0 Å². The molecule has 11 heteroatoms. The first-order chi connectivity index (χ1) is 14.6. The van der Waals surface area contributed by atoms with Crippen LogP contribution in [0.15, 0.2) is 0 Å². The molecule has 0 bridgehead atoms. The van der Waals surface area contributed by atoms with Crippen LogP contribution in [0.5, 0.6) is 0 Å². The molecule has 0 aliphatic carbocycles. The van der Waals surface area contributed by atoms with Gasteiger partial charge >= 0.3 is 22.4 Å². The summed E-state index contributed by atoms with van der Waals surface area (Å²) >= 11 is 0. The third kappa shape index (κ3) is 104. The van der Waals surface area contributed by atoms with Gasteiger partial charge in [0.25, 0.3) is 0 Å². The normalized spacial score (nSPS) is 8.71. The van der Waals surface area contributed by atoms with E-state index in [1.54, 1.807) is 35.5 Å². The van der Waals surface area contributed by atoms with E-state index in [1.165, 1.54) is 0 Å². The van der Waals surface area contributed by atoms with E-state index in [0.717, 1.165) is 0 Å². The van der Waals surface area contributed by atoms with Crippen LogP contribution in [0.1, 0.15) is 32.1 Å². The summed E-state index contributed by atoms with van der Waals surface area (Å²) in [4.78, 5) is 0. The number of ether oxygens (including phenoxy) is 5. The smallest absolute Gasteiger partial charge is 0.854 e. The van der Waals surface area contributed by atoms with E-state index < -0.39 is 0 Å². The van der Waals surface area contributed by atoms with E-state index in [0.29, 0.717) is 65.1 Å². The SMILES string of the molecule is COCCC[O-].COCCC[O-].COCCC[O-].COCCC[O-].COCCC[O-].[Nb+5]. The third-order valence-electron chi connectivity index (χ3n) is 2.46. The minimum Gasteiger partial charge on any atom is -0.854 e. The van der Waals surface area contributed by atoms with Gasteiger partial charge in [0.1, 0.15) is 0 Å². The summed E-state index contributed by atoms with van der Waals surface area (Å²) in [6.07, 6.45) is 3.18. The molecule has 10 nitrogen and oxygen atoms in total. The first-order valence-electron chi connectivity index (χ1n) is 9.93. The zero-order valence-corrected chi connectivity index (χ0v) is 22.3. The van der Waals surface area contributed by atoms with E-state index >= 15 is 0 Å². The maximum atomic E-state index is 9.61. The van der Waals surface area contributed by atoms with Crippen molar-refractivity contribution in [3.05, 3.63) is 0 Å². The predicted molar refractivity (Wildman–Crippen MR) is 107 cm³/mol. The van der Waals surface area contributed by atoms with Crippen LogP contribution in [0.4, 0.5) is 0 Å². The van der Waals surface area contributed by atoms with Gasteiger partial charge in [0, 0.05) is 68.6 Å². The maximum Gasteiger partial charge on any atom is 5.00 e. The average molecular weight is 538 g/mol. The Bertz CT molecular complexity index is 140. The number of hydrogen-bond acceptors (Lipinski definition) is 10. The molecule has 0 aliphatic heterocycles. The van der Waals surface area contributed by atoms with Crippen molar-refractivity contribution in [2.45, 2.75) is 32.1 Å². The Labute approximate surface area is 205 Å². The van der Waals surface area contributed by atoms with Crippen molar-refractivity contribution in [3.63, 3.8) is 0 Å². The van der Waals surface area contributed by atoms with E-state index in [2.05, 4.69) is 23.7 Å². The van der Waals surface area contributed by atoms with Crippen LogP contribution >= 0.6 is 0 Å². The van der Waals surface area contributed by atoms with Gasteiger partial charge in [0.15, 0.2) is 0 Å². The van der Waals surface area contributed by atoms with Crippen LogP contribution in [0.25, 0.3) is 0 Å². The summed E-state index contributed by atoms with van der Waals surface area (Å²) in [6.45, 7) is 2.90. The molecule has 0 radical (unpaired) electrons. The quantitative estimate of drug-likeness (QED) is 0.154. The summed E-state index contributed by atoms with van der Waals surface area (Å²) in [5.74, 6) is 0. The molecule has 0 aromatic heterocycles. The summed E-state index contributed by atoms with van der Waals surface area (Å²) in [5.41, 5.74) is 0. The summed E-state index contributed by atoms with van der Waals surface area (Å²) in [6, 6.07) is 0. The van der Waals surface area contributed by atoms with Crippen LogP contribution in [-0.2, 0) is 46.1 Å². The Balaban J connectivity index is -0.0000000625. The van der Waals surface area contributed by atoms with Gasteiger partial charge in [-0.15, -0.1) is 33.0 Å². The van der Waals surface area contributed by atoms with E-state index in [9.17, 15) is 25.5 Å². The van der Waals surface area contributed by atoms with Crippen molar-refractivity contribution in [2.24, 2.45) is 0 Å². The molecule has 0 fully saturated rings. The number of rotatable bonds is 15. The van der Waals surface area contributed by atoms with Gasteiger partial charge in [0.2, 0.25) is 0 Å². The van der Waals surface area contributed by atoms with Gasteiger partial charge in [0.05, 0.1) is 0 Å². The van der Waals surface area contributed by atoms with Gasteiger partial charge in [-0.05, 0) is 32.1 Å². The van der Waals surface area contributed by atoms with Crippen molar-refractivity contribution in [2.75, 3.05) is 102 Å². The van der Waals surface area contributed by atoms with Crippen LogP contribution in [0.3, 0.4) is 0 Å². The van der Waals surface area contributed by atoms with Crippen LogP contribution in [0, 0.1) is 0 Å². The minimum atomic E-state index is -0.0200. The second kappa shape index (κ2) is 63.1. The van der Waals surface area contributed by atoms with Crippen LogP contribution < -0.4 is 25.5 Å². The zero-order chi connectivity index (χ0) is 24.1. The molecule has 0 saturated carbocycles. The van der Waals surface area contributed by atoms with Crippen molar-refractivity contribution in [1.82, 2.24) is 0 Å². The second-order valence-electron chi connectivity index (χ2n) is 5.25. The molecular formula is C20H45NbO10. The molecule has 0 atom stereocenters. The topological polar surface area (TPSA) is 161 Å². The van der Waals surface area contributed by atoms with Crippen molar-refractivity contribution in [1.29, 1.82) is 0 Å². The molecule has 31 heavy (non-hydrogen) atoms. The summed E-state index contributed by atoms with van der Waals surface area (Å²) in [5, 5.41) is 48.0. The molecular weight excluding hydrogens is 493 g/mol. The summed E-state index contributed by atoms with van der Waals surface area (Å²) in [7, 11) is 7.96. The van der Waals surface area contributed by atoms with Crippen molar-refractivity contribution < 1.29 is 71.6 Å². The molecule has 0 heterocycles. The van der Waals surface area contributed by atoms with Crippen molar-refractivity contribution >= 4 is 0 Å². The van der Waals surface area contributed by atoms with E-state index in [1.807, 2.05) is 0 Å². The fourth-order valence-electron chi connectivity index (χ4n) is 1.02. The number of hydrogen-bond donors (Lipinski definition) is 0. The Morgan fingerprint density at radius 1 is 0.355 bits per heavy atom. The molecule has 0 saturated heterocycles. The Hall–Kier alpha value is 0.340. The molecule has 190 valence electrons. The summed E-state index contributed by atoms with van der Waals surface area (Å²) < 4.78 is 22.9. The van der Waals surface area contributed by atoms with Gasteiger partial charge in [-0.2, -0.15) is 0 Å². The standard InChI is InChI=1S/5C4H9O2.Nb/c5*1-6-4-2-3-5;/h5*2-4H2,1H3;/q5*-1;+5. The average Bonchev–Trinajstić information content (AvgIpc) is 2.78. The first-order valence-corrected chi connectivity index (χ1v) is 9.93. The molecule has 0 aromatic rings. The Morgan fingerprint density at radius 3 is 0.516 bits per heavy atom. The van der Waals surface area contributed by atoms with E-state index in [4.69, 9.17) is 0 Å². The molecule has 0 spiro atoms. The molecule has 0 unspecified atom stereocenters. The van der Waals surface area contributed by atoms with Gasteiger partial charge < -0.3 is 49.2 Å². The molecule has 0 aromatic carbocycles. The Kier molecular flexibility index (Phi) is 91.5.